The van der Waals surface area contributed by atoms with Crippen molar-refractivity contribution in [3.05, 3.63) is 0 Å². The summed E-state index contributed by atoms with van der Waals surface area (Å²) in [5, 5.41) is 11.7. The van der Waals surface area contributed by atoms with Gasteiger partial charge in [0.25, 0.3) is 0 Å². The molecule has 2 atom stereocenters. The summed E-state index contributed by atoms with van der Waals surface area (Å²) in [6.45, 7) is 15.0. The Bertz CT molecular complexity index is 346. The molecule has 0 saturated heterocycles. The largest absolute Gasteiger partial charge is 0.396 e. The average Bonchev–Trinajstić information content (AvgIpc) is 2.54. The number of carbonyl (C=O) groups excluding carboxylic acids is 1. The molecule has 0 radical (unpaired) electrons. The lowest BCUT2D eigenvalue weighted by Gasteiger charge is -2.35. The van der Waals surface area contributed by atoms with E-state index in [0.717, 1.165) is 32.3 Å². The molecule has 1 amide bonds. The molecular formula is C20H41NO3. The third-order valence-electron chi connectivity index (χ3n) is 5.86. The van der Waals surface area contributed by atoms with Crippen LogP contribution in [0.5, 0.6) is 0 Å². The van der Waals surface area contributed by atoms with Crippen LogP contribution in [-0.2, 0) is 9.53 Å². The molecule has 4 nitrogen and oxygen atoms in total. The van der Waals surface area contributed by atoms with Gasteiger partial charge < -0.3 is 15.2 Å². The summed E-state index contributed by atoms with van der Waals surface area (Å²) in [7, 11) is 0. The summed E-state index contributed by atoms with van der Waals surface area (Å²) in [6.07, 6.45) is 5.94. The first kappa shape index (κ1) is 23.4. The van der Waals surface area contributed by atoms with Crippen molar-refractivity contribution in [2.75, 3.05) is 19.8 Å². The van der Waals surface area contributed by atoms with Gasteiger partial charge in [0.2, 0.25) is 5.91 Å². The van der Waals surface area contributed by atoms with Crippen molar-refractivity contribution in [3.63, 3.8) is 0 Å². The Balaban J connectivity index is 4.18. The van der Waals surface area contributed by atoms with Crippen molar-refractivity contribution < 1.29 is 14.6 Å². The van der Waals surface area contributed by atoms with Crippen LogP contribution in [0.3, 0.4) is 0 Å². The Labute approximate surface area is 149 Å². The van der Waals surface area contributed by atoms with Crippen molar-refractivity contribution in [2.45, 2.75) is 92.1 Å². The lowest BCUT2D eigenvalue weighted by atomic mass is 9.74. The maximum atomic E-state index is 11.7. The molecule has 0 spiro atoms. The van der Waals surface area contributed by atoms with E-state index < -0.39 is 0 Å². The normalized spacial score (nSPS) is 16.7. The standard InChI is InChI=1S/C20H41NO3/c1-7-19(5,17(3)4)13-16-24-20(6,8-2)12-14-21-18(23)11-9-10-15-22/h17,22H,7-16H2,1-6H3,(H,21,23). The molecule has 0 aliphatic carbocycles. The smallest absolute Gasteiger partial charge is 0.219 e. The van der Waals surface area contributed by atoms with Crippen LogP contribution in [0.15, 0.2) is 0 Å². The van der Waals surface area contributed by atoms with Gasteiger partial charge in [0, 0.05) is 26.2 Å². The van der Waals surface area contributed by atoms with Crippen LogP contribution in [0.2, 0.25) is 0 Å². The number of aliphatic hydroxyl groups is 1. The highest BCUT2D eigenvalue weighted by molar-refractivity contribution is 5.75. The van der Waals surface area contributed by atoms with Crippen LogP contribution in [0.25, 0.3) is 0 Å². The first-order chi connectivity index (χ1) is 11.2. The highest BCUT2D eigenvalue weighted by atomic mass is 16.5. The molecule has 0 rings (SSSR count). The predicted octanol–water partition coefficient (Wildman–Crippen LogP) is 4.30. The number of rotatable bonds is 14. The minimum absolute atomic E-state index is 0.0697. The van der Waals surface area contributed by atoms with Gasteiger partial charge in [-0.25, -0.2) is 0 Å². The summed E-state index contributed by atoms with van der Waals surface area (Å²) in [5.74, 6) is 0.720. The lowest BCUT2D eigenvalue weighted by Crippen LogP contribution is -2.36. The molecule has 0 fully saturated rings. The predicted molar refractivity (Wildman–Crippen MR) is 101 cm³/mol. The Kier molecular flexibility index (Phi) is 11.6. The lowest BCUT2D eigenvalue weighted by molar-refractivity contribution is -0.121. The molecule has 2 N–H and O–H groups in total. The summed E-state index contributed by atoms with van der Waals surface area (Å²) in [4.78, 5) is 11.7. The second kappa shape index (κ2) is 11.9. The first-order valence-corrected chi connectivity index (χ1v) is 9.74. The molecule has 0 aliphatic rings. The van der Waals surface area contributed by atoms with E-state index in [4.69, 9.17) is 9.84 Å². The third-order valence-corrected chi connectivity index (χ3v) is 5.86. The van der Waals surface area contributed by atoms with Gasteiger partial charge in [0.15, 0.2) is 0 Å². The van der Waals surface area contributed by atoms with Gasteiger partial charge in [-0.05, 0) is 50.4 Å². The van der Waals surface area contributed by atoms with Crippen LogP contribution in [-0.4, -0.2) is 36.4 Å². The monoisotopic (exact) mass is 343 g/mol. The van der Waals surface area contributed by atoms with Crippen molar-refractivity contribution in [1.82, 2.24) is 5.32 Å². The van der Waals surface area contributed by atoms with Crippen LogP contribution in [0, 0.1) is 11.3 Å². The fourth-order valence-corrected chi connectivity index (χ4v) is 2.71. The minimum atomic E-state index is -0.177. The molecule has 2 unspecified atom stereocenters. The van der Waals surface area contributed by atoms with Crippen molar-refractivity contribution in [2.24, 2.45) is 11.3 Å². The van der Waals surface area contributed by atoms with Gasteiger partial charge in [-0.15, -0.1) is 0 Å². The summed E-state index contributed by atoms with van der Waals surface area (Å²) in [6, 6.07) is 0. The van der Waals surface area contributed by atoms with Crippen LogP contribution >= 0.6 is 0 Å². The van der Waals surface area contributed by atoms with E-state index in [-0.39, 0.29) is 18.1 Å². The number of nitrogens with one attached hydrogen (secondary N) is 1. The van der Waals surface area contributed by atoms with Gasteiger partial charge >= 0.3 is 0 Å². The van der Waals surface area contributed by atoms with Crippen molar-refractivity contribution >= 4 is 5.91 Å². The van der Waals surface area contributed by atoms with Gasteiger partial charge in [-0.2, -0.15) is 0 Å². The van der Waals surface area contributed by atoms with Crippen LogP contribution in [0.1, 0.15) is 86.5 Å². The molecule has 0 saturated carbocycles. The van der Waals surface area contributed by atoms with Crippen molar-refractivity contribution in [1.29, 1.82) is 0 Å². The number of amides is 1. The zero-order chi connectivity index (χ0) is 18.6. The molecule has 144 valence electrons. The Morgan fingerprint density at radius 3 is 2.29 bits per heavy atom. The van der Waals surface area contributed by atoms with E-state index in [0.29, 0.717) is 30.7 Å². The number of unbranched alkanes of at least 4 members (excludes halogenated alkanes) is 1. The molecule has 0 aliphatic heterocycles. The van der Waals surface area contributed by atoms with E-state index in [1.807, 2.05) is 0 Å². The SMILES string of the molecule is CCC(C)(CCNC(=O)CCCCO)OCCC(C)(CC)C(C)C. The molecule has 0 bridgehead atoms. The van der Waals surface area contributed by atoms with Gasteiger partial charge in [-0.1, -0.05) is 41.0 Å². The van der Waals surface area contributed by atoms with E-state index in [1.54, 1.807) is 0 Å². The Hall–Kier alpha value is -0.610. The fourth-order valence-electron chi connectivity index (χ4n) is 2.71. The molecule has 0 heterocycles. The molecule has 0 aromatic heterocycles. The van der Waals surface area contributed by atoms with E-state index in [9.17, 15) is 4.79 Å². The van der Waals surface area contributed by atoms with Gasteiger partial charge in [-0.3, -0.25) is 4.79 Å². The summed E-state index contributed by atoms with van der Waals surface area (Å²) in [5.41, 5.74) is 0.152. The highest BCUT2D eigenvalue weighted by Gasteiger charge is 2.28. The number of aliphatic hydroxyl groups excluding tert-OH is 1. The topological polar surface area (TPSA) is 58.6 Å². The van der Waals surface area contributed by atoms with Gasteiger partial charge in [0.05, 0.1) is 5.60 Å². The number of carbonyl (C=O) groups is 1. The Morgan fingerprint density at radius 2 is 1.79 bits per heavy atom. The second-order valence-corrected chi connectivity index (χ2v) is 7.84. The van der Waals surface area contributed by atoms with E-state index in [1.165, 1.54) is 6.42 Å². The summed E-state index contributed by atoms with van der Waals surface area (Å²) < 4.78 is 6.22. The molecular weight excluding hydrogens is 302 g/mol. The zero-order valence-electron chi connectivity index (χ0n) is 16.9. The van der Waals surface area contributed by atoms with Gasteiger partial charge in [0.1, 0.15) is 0 Å². The van der Waals surface area contributed by atoms with Crippen molar-refractivity contribution in [3.8, 4) is 0 Å². The zero-order valence-corrected chi connectivity index (χ0v) is 16.9. The number of ether oxygens (including phenoxy) is 1. The average molecular weight is 344 g/mol. The second-order valence-electron chi connectivity index (χ2n) is 7.84. The van der Waals surface area contributed by atoms with E-state index in [2.05, 4.69) is 46.9 Å². The van der Waals surface area contributed by atoms with E-state index >= 15 is 0 Å². The number of hydrogen-bond donors (Lipinski definition) is 2. The maximum absolute atomic E-state index is 11.7. The first-order valence-electron chi connectivity index (χ1n) is 9.74. The van der Waals surface area contributed by atoms with Crippen LogP contribution < -0.4 is 5.32 Å². The van der Waals surface area contributed by atoms with Crippen LogP contribution in [0.4, 0.5) is 0 Å². The fraction of sp³-hybridized carbons (Fsp3) is 0.950. The third kappa shape index (κ3) is 9.03. The summed E-state index contributed by atoms with van der Waals surface area (Å²) >= 11 is 0. The minimum Gasteiger partial charge on any atom is -0.396 e. The molecule has 0 aromatic rings. The molecule has 0 aromatic carbocycles. The molecule has 4 heteroatoms. The quantitative estimate of drug-likeness (QED) is 0.462. The Morgan fingerprint density at radius 1 is 1.12 bits per heavy atom. The highest BCUT2D eigenvalue weighted by Crippen LogP contribution is 2.35. The molecule has 24 heavy (non-hydrogen) atoms. The maximum Gasteiger partial charge on any atom is 0.219 e. The number of hydrogen-bond acceptors (Lipinski definition) is 3.